The Morgan fingerprint density at radius 1 is 1.29 bits per heavy atom. The molecule has 2 unspecified atom stereocenters. The van der Waals surface area contributed by atoms with E-state index < -0.39 is 11.7 Å². The average molecular weight is 343 g/mol. The van der Waals surface area contributed by atoms with Crippen LogP contribution in [0.15, 0.2) is 24.3 Å². The fourth-order valence-electron chi connectivity index (χ4n) is 3.33. The molecule has 1 N–H and O–H groups in total. The van der Waals surface area contributed by atoms with E-state index >= 15 is 0 Å². The summed E-state index contributed by atoms with van der Waals surface area (Å²) in [4.78, 5) is 4.59. The standard InChI is InChI=1S/C18H28F3N3/c1-4-23(5-2)13-17(24-10-9-22-14(3)12-24)15-7-6-8-16(11-15)18(19,20)21/h6-8,11,14,17,22H,4-5,9-10,12-13H2,1-3H3. The van der Waals surface area contributed by atoms with E-state index in [9.17, 15) is 13.2 Å². The number of halogens is 3. The molecule has 0 spiro atoms. The Morgan fingerprint density at radius 2 is 2.00 bits per heavy atom. The quantitative estimate of drug-likeness (QED) is 0.854. The van der Waals surface area contributed by atoms with Crippen LogP contribution >= 0.6 is 0 Å². The molecular weight excluding hydrogens is 315 g/mol. The number of piperazine rings is 1. The number of nitrogens with one attached hydrogen (secondary N) is 1. The zero-order valence-corrected chi connectivity index (χ0v) is 14.7. The molecule has 2 atom stereocenters. The van der Waals surface area contributed by atoms with E-state index in [1.807, 2.05) is 6.07 Å². The number of benzene rings is 1. The normalized spacial score (nSPS) is 21.2. The second-order valence-electron chi connectivity index (χ2n) is 6.47. The van der Waals surface area contributed by atoms with Crippen LogP contribution in [-0.2, 0) is 6.18 Å². The van der Waals surface area contributed by atoms with Gasteiger partial charge in [0.25, 0.3) is 0 Å². The SMILES string of the molecule is CCN(CC)CC(c1cccc(C(F)(F)F)c1)N1CCNC(C)C1. The maximum atomic E-state index is 13.1. The lowest BCUT2D eigenvalue weighted by atomic mass is 10.00. The first-order valence-corrected chi connectivity index (χ1v) is 8.72. The van der Waals surface area contributed by atoms with Gasteiger partial charge in [-0.25, -0.2) is 0 Å². The third-order valence-electron chi connectivity index (χ3n) is 4.77. The number of likely N-dealkylation sites (N-methyl/N-ethyl adjacent to an activating group) is 1. The summed E-state index contributed by atoms with van der Waals surface area (Å²) in [5.41, 5.74) is 0.193. The summed E-state index contributed by atoms with van der Waals surface area (Å²) in [6, 6.07) is 6.16. The van der Waals surface area contributed by atoms with Crippen molar-refractivity contribution in [2.45, 2.75) is 39.0 Å². The highest BCUT2D eigenvalue weighted by atomic mass is 19.4. The molecule has 136 valence electrons. The number of alkyl halides is 3. The Bertz CT molecular complexity index is 514. The van der Waals surface area contributed by atoms with Gasteiger partial charge in [-0.15, -0.1) is 0 Å². The van der Waals surface area contributed by atoms with Gasteiger partial charge in [-0.2, -0.15) is 13.2 Å². The van der Waals surface area contributed by atoms with Crippen molar-refractivity contribution in [3.63, 3.8) is 0 Å². The zero-order valence-electron chi connectivity index (χ0n) is 14.7. The monoisotopic (exact) mass is 343 g/mol. The fourth-order valence-corrected chi connectivity index (χ4v) is 3.33. The van der Waals surface area contributed by atoms with E-state index in [2.05, 4.69) is 35.9 Å². The van der Waals surface area contributed by atoms with Gasteiger partial charge in [0.15, 0.2) is 0 Å². The molecular formula is C18H28F3N3. The van der Waals surface area contributed by atoms with Crippen LogP contribution in [0.25, 0.3) is 0 Å². The second kappa shape index (κ2) is 8.32. The van der Waals surface area contributed by atoms with E-state index in [0.717, 1.165) is 50.9 Å². The third-order valence-corrected chi connectivity index (χ3v) is 4.77. The molecule has 6 heteroatoms. The molecule has 1 aromatic rings. The van der Waals surface area contributed by atoms with E-state index in [0.29, 0.717) is 6.04 Å². The molecule has 3 nitrogen and oxygen atoms in total. The van der Waals surface area contributed by atoms with Crippen molar-refractivity contribution in [3.8, 4) is 0 Å². The largest absolute Gasteiger partial charge is 0.416 e. The fraction of sp³-hybridized carbons (Fsp3) is 0.667. The van der Waals surface area contributed by atoms with E-state index in [-0.39, 0.29) is 6.04 Å². The lowest BCUT2D eigenvalue weighted by Gasteiger charge is -2.40. The van der Waals surface area contributed by atoms with Crippen LogP contribution in [0.1, 0.15) is 37.9 Å². The second-order valence-corrected chi connectivity index (χ2v) is 6.47. The van der Waals surface area contributed by atoms with Gasteiger partial charge < -0.3 is 10.2 Å². The molecule has 1 aromatic carbocycles. The molecule has 0 radical (unpaired) electrons. The first-order valence-electron chi connectivity index (χ1n) is 8.72. The third kappa shape index (κ3) is 4.94. The van der Waals surface area contributed by atoms with Crippen molar-refractivity contribution in [2.75, 3.05) is 39.3 Å². The lowest BCUT2D eigenvalue weighted by molar-refractivity contribution is -0.137. The molecule has 1 aliphatic heterocycles. The number of rotatable bonds is 6. The maximum Gasteiger partial charge on any atom is 0.416 e. The van der Waals surface area contributed by atoms with Gasteiger partial charge in [0.2, 0.25) is 0 Å². The van der Waals surface area contributed by atoms with E-state index in [4.69, 9.17) is 0 Å². The van der Waals surface area contributed by atoms with Crippen molar-refractivity contribution in [1.82, 2.24) is 15.1 Å². The lowest BCUT2D eigenvalue weighted by Crippen LogP contribution is -2.52. The summed E-state index contributed by atoms with van der Waals surface area (Å²) in [5.74, 6) is 0. The first-order chi connectivity index (χ1) is 11.3. The Kier molecular flexibility index (Phi) is 6.66. The van der Waals surface area contributed by atoms with Crippen LogP contribution in [0, 0.1) is 0 Å². The molecule has 24 heavy (non-hydrogen) atoms. The maximum absolute atomic E-state index is 13.1. The van der Waals surface area contributed by atoms with Gasteiger partial charge in [-0.05, 0) is 37.7 Å². The Balaban J connectivity index is 2.30. The van der Waals surface area contributed by atoms with Gasteiger partial charge in [0, 0.05) is 38.3 Å². The smallest absolute Gasteiger partial charge is 0.312 e. The van der Waals surface area contributed by atoms with Crippen molar-refractivity contribution in [1.29, 1.82) is 0 Å². The van der Waals surface area contributed by atoms with E-state index in [1.54, 1.807) is 0 Å². The van der Waals surface area contributed by atoms with Crippen LogP contribution in [0.5, 0.6) is 0 Å². The number of hydrogen-bond donors (Lipinski definition) is 1. The molecule has 2 rings (SSSR count). The van der Waals surface area contributed by atoms with Crippen LogP contribution in [0.2, 0.25) is 0 Å². The van der Waals surface area contributed by atoms with E-state index in [1.165, 1.54) is 12.1 Å². The van der Waals surface area contributed by atoms with Gasteiger partial charge >= 0.3 is 6.18 Å². The van der Waals surface area contributed by atoms with Crippen LogP contribution < -0.4 is 5.32 Å². The van der Waals surface area contributed by atoms with Crippen LogP contribution in [0.4, 0.5) is 13.2 Å². The van der Waals surface area contributed by atoms with Crippen LogP contribution in [0.3, 0.4) is 0 Å². The molecule has 0 saturated carbocycles. The highest BCUT2D eigenvalue weighted by Crippen LogP contribution is 2.32. The summed E-state index contributed by atoms with van der Waals surface area (Å²) in [5, 5.41) is 3.40. The van der Waals surface area contributed by atoms with Crippen molar-refractivity contribution in [2.24, 2.45) is 0 Å². The molecule has 1 heterocycles. The first kappa shape index (κ1) is 19.2. The number of hydrogen-bond acceptors (Lipinski definition) is 3. The van der Waals surface area contributed by atoms with Gasteiger partial charge in [-0.3, -0.25) is 4.90 Å². The van der Waals surface area contributed by atoms with Crippen molar-refractivity contribution < 1.29 is 13.2 Å². The molecule has 0 aliphatic carbocycles. The van der Waals surface area contributed by atoms with Crippen LogP contribution in [-0.4, -0.2) is 55.1 Å². The van der Waals surface area contributed by atoms with Gasteiger partial charge in [-0.1, -0.05) is 26.0 Å². The summed E-state index contributed by atoms with van der Waals surface area (Å²) in [6.07, 6.45) is -4.30. The predicted octanol–water partition coefficient (Wildman–Crippen LogP) is 3.38. The minimum Gasteiger partial charge on any atom is -0.312 e. The Hall–Kier alpha value is -1.11. The topological polar surface area (TPSA) is 18.5 Å². The van der Waals surface area contributed by atoms with Crippen molar-refractivity contribution >= 4 is 0 Å². The van der Waals surface area contributed by atoms with Crippen molar-refractivity contribution in [3.05, 3.63) is 35.4 Å². The summed E-state index contributed by atoms with van der Waals surface area (Å²) in [6.45, 7) is 11.4. The minimum absolute atomic E-state index is 0.0169. The van der Waals surface area contributed by atoms with Gasteiger partial charge in [0.1, 0.15) is 0 Å². The number of nitrogens with zero attached hydrogens (tertiary/aromatic N) is 2. The Morgan fingerprint density at radius 3 is 2.58 bits per heavy atom. The average Bonchev–Trinajstić information content (AvgIpc) is 2.55. The highest BCUT2D eigenvalue weighted by molar-refractivity contribution is 5.28. The summed E-state index contributed by atoms with van der Waals surface area (Å²) in [7, 11) is 0. The van der Waals surface area contributed by atoms with Gasteiger partial charge in [0.05, 0.1) is 5.56 Å². The molecule has 0 aromatic heterocycles. The molecule has 0 amide bonds. The predicted molar refractivity (Wildman–Crippen MR) is 91.0 cm³/mol. The molecule has 1 aliphatic rings. The molecule has 1 saturated heterocycles. The summed E-state index contributed by atoms with van der Waals surface area (Å²) >= 11 is 0. The zero-order chi connectivity index (χ0) is 17.7. The molecule has 1 fully saturated rings. The highest BCUT2D eigenvalue weighted by Gasteiger charge is 2.32. The minimum atomic E-state index is -4.30. The summed E-state index contributed by atoms with van der Waals surface area (Å²) < 4.78 is 39.3. The Labute approximate surface area is 142 Å². The molecule has 0 bridgehead atoms.